The molecule has 0 aromatic heterocycles. The number of hydrogen-bond donors (Lipinski definition) is 1. The van der Waals surface area contributed by atoms with E-state index in [0.717, 1.165) is 25.0 Å². The number of hydrogen-bond acceptors (Lipinski definition) is 2. The molecule has 21 heavy (non-hydrogen) atoms. The van der Waals surface area contributed by atoms with Gasteiger partial charge in [-0.3, -0.25) is 9.59 Å². The van der Waals surface area contributed by atoms with Gasteiger partial charge >= 0.3 is 0 Å². The first kappa shape index (κ1) is 14.0. The van der Waals surface area contributed by atoms with E-state index < -0.39 is 17.7 Å². The predicted octanol–water partition coefficient (Wildman–Crippen LogP) is 1.90. The van der Waals surface area contributed by atoms with Crippen molar-refractivity contribution in [3.05, 3.63) is 29.3 Å². The molecule has 1 aliphatic heterocycles. The fraction of sp³-hybridized carbons (Fsp3) is 0.467. The van der Waals surface area contributed by atoms with Crippen LogP contribution in [0.15, 0.2) is 12.1 Å². The molecule has 2 amide bonds. The highest BCUT2D eigenvalue weighted by Crippen LogP contribution is 2.35. The second-order valence-corrected chi connectivity index (χ2v) is 5.68. The topological polar surface area (TPSA) is 49.4 Å². The Labute approximate surface area is 121 Å². The lowest BCUT2D eigenvalue weighted by Gasteiger charge is -2.24. The summed E-state index contributed by atoms with van der Waals surface area (Å²) in [7, 11) is 0. The zero-order valence-electron chi connectivity index (χ0n) is 11.7. The molecule has 1 aromatic rings. The minimum absolute atomic E-state index is 0.0628. The Bertz CT molecular complexity index is 614. The third-order valence-electron chi connectivity index (χ3n) is 4.02. The second kappa shape index (κ2) is 5.09. The van der Waals surface area contributed by atoms with Gasteiger partial charge in [-0.15, -0.1) is 0 Å². The third-order valence-corrected chi connectivity index (χ3v) is 4.02. The lowest BCUT2D eigenvalue weighted by Crippen LogP contribution is -2.46. The molecule has 1 atom stereocenters. The van der Waals surface area contributed by atoms with E-state index in [2.05, 4.69) is 5.32 Å². The maximum absolute atomic E-state index is 14.1. The van der Waals surface area contributed by atoms with Crippen LogP contribution in [0.1, 0.15) is 24.8 Å². The van der Waals surface area contributed by atoms with Gasteiger partial charge in [0.05, 0.1) is 5.69 Å². The molecule has 1 saturated carbocycles. The van der Waals surface area contributed by atoms with Crippen LogP contribution in [0.25, 0.3) is 0 Å². The first-order valence-corrected chi connectivity index (χ1v) is 7.04. The van der Waals surface area contributed by atoms with E-state index in [0.29, 0.717) is 0 Å². The number of carbonyl (C=O) groups excluding carboxylic acids is 2. The molecule has 1 N–H and O–H groups in total. The van der Waals surface area contributed by atoms with Gasteiger partial charge in [0.2, 0.25) is 11.8 Å². The smallest absolute Gasteiger partial charge is 0.249 e. The zero-order valence-corrected chi connectivity index (χ0v) is 11.7. The molecule has 1 saturated heterocycles. The number of aryl methyl sites for hydroxylation is 1. The Hall–Kier alpha value is -1.98. The van der Waals surface area contributed by atoms with E-state index in [9.17, 15) is 18.4 Å². The maximum Gasteiger partial charge on any atom is 0.249 e. The first-order chi connectivity index (χ1) is 9.97. The molecule has 3 rings (SSSR count). The highest BCUT2D eigenvalue weighted by atomic mass is 19.1. The van der Waals surface area contributed by atoms with E-state index in [1.54, 1.807) is 0 Å². The monoisotopic (exact) mass is 294 g/mol. The lowest BCUT2D eigenvalue weighted by atomic mass is 10.1. The van der Waals surface area contributed by atoms with Crippen molar-refractivity contribution in [3.63, 3.8) is 0 Å². The number of carbonyl (C=O) groups is 2. The summed E-state index contributed by atoms with van der Waals surface area (Å²) in [6, 6.07) is 1.48. The summed E-state index contributed by atoms with van der Waals surface area (Å²) in [5.41, 5.74) is 0.0942. The molecular weight excluding hydrogens is 278 g/mol. The van der Waals surface area contributed by atoms with Crippen LogP contribution in [0.4, 0.5) is 14.5 Å². The minimum Gasteiger partial charge on any atom is -0.344 e. The summed E-state index contributed by atoms with van der Waals surface area (Å²) >= 11 is 0. The van der Waals surface area contributed by atoms with Crippen molar-refractivity contribution in [1.82, 2.24) is 5.32 Å². The van der Waals surface area contributed by atoms with Gasteiger partial charge in [0.1, 0.15) is 17.7 Å². The van der Waals surface area contributed by atoms with Crippen molar-refractivity contribution >= 4 is 17.5 Å². The zero-order chi connectivity index (χ0) is 15.1. The normalized spacial score (nSPS) is 23.0. The van der Waals surface area contributed by atoms with Crippen molar-refractivity contribution in [3.8, 4) is 0 Å². The summed E-state index contributed by atoms with van der Waals surface area (Å²) in [6.07, 6.45) is 1.83. The van der Waals surface area contributed by atoms with Crippen LogP contribution in [0.5, 0.6) is 0 Å². The molecule has 0 bridgehead atoms. The minimum atomic E-state index is -0.647. The van der Waals surface area contributed by atoms with Crippen molar-refractivity contribution in [2.75, 3.05) is 11.4 Å². The number of amides is 2. The van der Waals surface area contributed by atoms with Gasteiger partial charge < -0.3 is 10.2 Å². The quantitative estimate of drug-likeness (QED) is 0.905. The highest BCUT2D eigenvalue weighted by molar-refractivity contribution is 6.01. The molecule has 2 aliphatic rings. The number of benzene rings is 1. The van der Waals surface area contributed by atoms with Crippen LogP contribution in [0.3, 0.4) is 0 Å². The summed E-state index contributed by atoms with van der Waals surface area (Å²) in [5, 5.41) is 2.69. The Morgan fingerprint density at radius 2 is 1.90 bits per heavy atom. The number of rotatable bonds is 2. The molecule has 6 heteroatoms. The predicted molar refractivity (Wildman–Crippen MR) is 72.7 cm³/mol. The standard InChI is InChI=1S/C15H16F2N2O2/c1-8-6-11(17)12(7-10(8)16)19-5-4-13(20)18-14(15(19)21)9-2-3-9/h6-7,9,14H,2-5H2,1H3,(H,18,20). The van der Waals surface area contributed by atoms with Gasteiger partial charge in [0, 0.05) is 19.0 Å². The summed E-state index contributed by atoms with van der Waals surface area (Å²) in [4.78, 5) is 25.4. The van der Waals surface area contributed by atoms with Gasteiger partial charge in [-0.2, -0.15) is 0 Å². The number of anilines is 1. The second-order valence-electron chi connectivity index (χ2n) is 5.68. The van der Waals surface area contributed by atoms with Crippen molar-refractivity contribution in [1.29, 1.82) is 0 Å². The number of nitrogens with one attached hydrogen (secondary N) is 1. The van der Waals surface area contributed by atoms with E-state index in [4.69, 9.17) is 0 Å². The van der Waals surface area contributed by atoms with Crippen molar-refractivity contribution < 1.29 is 18.4 Å². The fourth-order valence-corrected chi connectivity index (χ4v) is 2.63. The first-order valence-electron chi connectivity index (χ1n) is 7.04. The molecule has 4 nitrogen and oxygen atoms in total. The number of nitrogens with zero attached hydrogens (tertiary/aromatic N) is 1. The molecule has 1 unspecified atom stereocenters. The SMILES string of the molecule is Cc1cc(F)c(N2CCC(=O)NC(C3CC3)C2=O)cc1F. The molecule has 1 aromatic carbocycles. The fourth-order valence-electron chi connectivity index (χ4n) is 2.63. The van der Waals surface area contributed by atoms with Crippen LogP contribution in [0, 0.1) is 24.5 Å². The molecule has 0 radical (unpaired) electrons. The van der Waals surface area contributed by atoms with Crippen LogP contribution in [-0.4, -0.2) is 24.4 Å². The molecular formula is C15H16F2N2O2. The summed E-state index contributed by atoms with van der Waals surface area (Å²) in [6.45, 7) is 1.53. The maximum atomic E-state index is 14.1. The van der Waals surface area contributed by atoms with Crippen LogP contribution in [0.2, 0.25) is 0 Å². The van der Waals surface area contributed by atoms with Crippen LogP contribution >= 0.6 is 0 Å². The van der Waals surface area contributed by atoms with Gasteiger partial charge in [0.25, 0.3) is 0 Å². The van der Waals surface area contributed by atoms with Crippen LogP contribution in [-0.2, 0) is 9.59 Å². The average Bonchev–Trinajstić information content (AvgIpc) is 3.25. The van der Waals surface area contributed by atoms with E-state index in [1.807, 2.05) is 0 Å². The summed E-state index contributed by atoms with van der Waals surface area (Å²) in [5.74, 6) is -1.68. The van der Waals surface area contributed by atoms with Gasteiger partial charge in [-0.25, -0.2) is 8.78 Å². The van der Waals surface area contributed by atoms with E-state index in [1.165, 1.54) is 11.8 Å². The Balaban J connectivity index is 1.97. The molecule has 112 valence electrons. The third kappa shape index (κ3) is 2.62. The van der Waals surface area contributed by atoms with Crippen LogP contribution < -0.4 is 10.2 Å². The van der Waals surface area contributed by atoms with E-state index >= 15 is 0 Å². The molecule has 0 spiro atoms. The molecule has 1 aliphatic carbocycles. The Morgan fingerprint density at radius 3 is 2.57 bits per heavy atom. The lowest BCUT2D eigenvalue weighted by molar-refractivity contribution is -0.126. The highest BCUT2D eigenvalue weighted by Gasteiger charge is 2.41. The molecule has 2 fully saturated rings. The summed E-state index contributed by atoms with van der Waals surface area (Å²) < 4.78 is 27.8. The van der Waals surface area contributed by atoms with Gasteiger partial charge in [-0.05, 0) is 37.3 Å². The Kier molecular flexibility index (Phi) is 3.39. The van der Waals surface area contributed by atoms with Gasteiger partial charge in [0.15, 0.2) is 0 Å². The largest absolute Gasteiger partial charge is 0.344 e. The van der Waals surface area contributed by atoms with Crippen molar-refractivity contribution in [2.24, 2.45) is 5.92 Å². The van der Waals surface area contributed by atoms with E-state index in [-0.39, 0.29) is 41.9 Å². The average molecular weight is 294 g/mol. The van der Waals surface area contributed by atoms with Gasteiger partial charge in [-0.1, -0.05) is 0 Å². The Morgan fingerprint density at radius 1 is 1.19 bits per heavy atom. The molecule has 1 heterocycles. The number of halogens is 2. The van der Waals surface area contributed by atoms with Crippen molar-refractivity contribution in [2.45, 2.75) is 32.2 Å².